The molecule has 1 aromatic carbocycles. The van der Waals surface area contributed by atoms with Crippen LogP contribution in [-0.4, -0.2) is 16.5 Å². The van der Waals surface area contributed by atoms with Gasteiger partial charge in [-0.2, -0.15) is 0 Å². The lowest BCUT2D eigenvalue weighted by Gasteiger charge is -2.18. The summed E-state index contributed by atoms with van der Waals surface area (Å²) in [6.07, 6.45) is 2.88. The zero-order valence-corrected chi connectivity index (χ0v) is 11.9. The monoisotopic (exact) mass is 255 g/mol. The van der Waals surface area contributed by atoms with E-state index in [-0.39, 0.29) is 6.04 Å². The maximum Gasteiger partial charge on any atom is 0.125 e. The zero-order chi connectivity index (χ0) is 13.7. The molecule has 0 saturated heterocycles. The van der Waals surface area contributed by atoms with E-state index in [1.165, 1.54) is 11.1 Å². The van der Waals surface area contributed by atoms with Gasteiger partial charge in [-0.05, 0) is 37.1 Å². The van der Waals surface area contributed by atoms with Crippen molar-refractivity contribution >= 4 is 0 Å². The van der Waals surface area contributed by atoms with Crippen molar-refractivity contribution in [2.45, 2.75) is 33.2 Å². The predicted molar refractivity (Wildman–Crippen MR) is 78.1 cm³/mol. The molecule has 0 amide bonds. The molecular weight excluding hydrogens is 234 g/mol. The molecule has 2 aromatic rings. The number of nitrogens with zero attached hydrogens (tertiary/aromatic N) is 2. The number of rotatable bonds is 5. The molecule has 2 rings (SSSR count). The van der Waals surface area contributed by atoms with Crippen molar-refractivity contribution in [3.05, 3.63) is 59.2 Å². The van der Waals surface area contributed by atoms with E-state index in [9.17, 15) is 0 Å². The van der Waals surface area contributed by atoms with E-state index in [1.54, 1.807) is 0 Å². The lowest BCUT2D eigenvalue weighted by atomic mass is 10.00. The van der Waals surface area contributed by atoms with Gasteiger partial charge in [0, 0.05) is 6.20 Å². The number of hydrogen-bond acceptors (Lipinski definition) is 3. The van der Waals surface area contributed by atoms with Crippen LogP contribution >= 0.6 is 0 Å². The Bertz CT molecular complexity index is 537. The van der Waals surface area contributed by atoms with Crippen molar-refractivity contribution in [3.63, 3.8) is 0 Å². The second-order valence-electron chi connectivity index (χ2n) is 4.62. The molecule has 0 aliphatic carbocycles. The Morgan fingerprint density at radius 1 is 1.21 bits per heavy atom. The molecule has 1 heterocycles. The first-order valence-electron chi connectivity index (χ1n) is 6.86. The summed E-state index contributed by atoms with van der Waals surface area (Å²) in [5.74, 6) is 0.812. The standard InChI is InChI=1S/C16H21N3/c1-4-13-7-6-8-14(11-13)16(17-5-2)15-9-10-18-12(3)19-15/h6-11,16-17H,4-5H2,1-3H3. The highest BCUT2D eigenvalue weighted by atomic mass is 15.0. The van der Waals surface area contributed by atoms with Crippen molar-refractivity contribution in [3.8, 4) is 0 Å². The molecule has 0 radical (unpaired) electrons. The molecule has 19 heavy (non-hydrogen) atoms. The smallest absolute Gasteiger partial charge is 0.125 e. The van der Waals surface area contributed by atoms with Crippen LogP contribution in [0.3, 0.4) is 0 Å². The summed E-state index contributed by atoms with van der Waals surface area (Å²) in [6, 6.07) is 10.8. The Kier molecular flexibility index (Phi) is 4.63. The minimum absolute atomic E-state index is 0.137. The maximum atomic E-state index is 4.55. The van der Waals surface area contributed by atoms with Gasteiger partial charge in [0.05, 0.1) is 11.7 Å². The molecule has 3 nitrogen and oxygen atoms in total. The van der Waals surface area contributed by atoms with Crippen LogP contribution in [0.2, 0.25) is 0 Å². The summed E-state index contributed by atoms with van der Waals surface area (Å²) < 4.78 is 0. The van der Waals surface area contributed by atoms with E-state index in [4.69, 9.17) is 0 Å². The van der Waals surface area contributed by atoms with Gasteiger partial charge in [-0.1, -0.05) is 38.1 Å². The van der Waals surface area contributed by atoms with E-state index in [2.05, 4.69) is 53.4 Å². The summed E-state index contributed by atoms with van der Waals surface area (Å²) in [6.45, 7) is 7.12. The number of hydrogen-bond donors (Lipinski definition) is 1. The highest BCUT2D eigenvalue weighted by Crippen LogP contribution is 2.21. The molecule has 0 spiro atoms. The van der Waals surface area contributed by atoms with Crippen molar-refractivity contribution in [1.82, 2.24) is 15.3 Å². The SMILES string of the molecule is CCNC(c1cccc(CC)c1)c1ccnc(C)n1. The Labute approximate surface area is 115 Å². The van der Waals surface area contributed by atoms with E-state index in [1.807, 2.05) is 19.2 Å². The van der Waals surface area contributed by atoms with Gasteiger partial charge in [0.15, 0.2) is 0 Å². The van der Waals surface area contributed by atoms with Gasteiger partial charge < -0.3 is 5.32 Å². The second kappa shape index (κ2) is 6.43. The minimum atomic E-state index is 0.137. The number of nitrogens with one attached hydrogen (secondary N) is 1. The molecule has 1 N–H and O–H groups in total. The fourth-order valence-corrected chi connectivity index (χ4v) is 2.23. The third-order valence-electron chi connectivity index (χ3n) is 3.19. The van der Waals surface area contributed by atoms with Gasteiger partial charge in [-0.3, -0.25) is 0 Å². The summed E-state index contributed by atoms with van der Waals surface area (Å²) in [4.78, 5) is 8.72. The van der Waals surface area contributed by atoms with E-state index in [0.717, 1.165) is 24.5 Å². The van der Waals surface area contributed by atoms with Crippen LogP contribution in [0.25, 0.3) is 0 Å². The second-order valence-corrected chi connectivity index (χ2v) is 4.62. The van der Waals surface area contributed by atoms with E-state index >= 15 is 0 Å². The molecule has 1 aromatic heterocycles. The number of aromatic nitrogens is 2. The van der Waals surface area contributed by atoms with Crippen LogP contribution in [-0.2, 0) is 6.42 Å². The van der Waals surface area contributed by atoms with Crippen LogP contribution in [0.5, 0.6) is 0 Å². The first-order valence-corrected chi connectivity index (χ1v) is 6.86. The quantitative estimate of drug-likeness (QED) is 0.892. The fourth-order valence-electron chi connectivity index (χ4n) is 2.23. The van der Waals surface area contributed by atoms with Crippen molar-refractivity contribution < 1.29 is 0 Å². The average molecular weight is 255 g/mol. The molecule has 1 unspecified atom stereocenters. The molecule has 3 heteroatoms. The topological polar surface area (TPSA) is 37.8 Å². The molecule has 0 fully saturated rings. The van der Waals surface area contributed by atoms with Crippen molar-refractivity contribution in [2.75, 3.05) is 6.54 Å². The largest absolute Gasteiger partial charge is 0.305 e. The summed E-state index contributed by atoms with van der Waals surface area (Å²) in [5, 5.41) is 3.50. The lowest BCUT2D eigenvalue weighted by molar-refractivity contribution is 0.611. The first-order chi connectivity index (χ1) is 9.24. The van der Waals surface area contributed by atoms with Gasteiger partial charge in [0.1, 0.15) is 5.82 Å². The number of aryl methyl sites for hydroxylation is 2. The summed E-state index contributed by atoms with van der Waals surface area (Å²) in [5.41, 5.74) is 3.65. The average Bonchev–Trinajstić information content (AvgIpc) is 2.45. The minimum Gasteiger partial charge on any atom is -0.305 e. The van der Waals surface area contributed by atoms with Crippen LogP contribution < -0.4 is 5.32 Å². The molecule has 100 valence electrons. The Balaban J connectivity index is 2.38. The van der Waals surface area contributed by atoms with Crippen LogP contribution in [0.1, 0.15) is 42.5 Å². The van der Waals surface area contributed by atoms with Crippen molar-refractivity contribution in [2.24, 2.45) is 0 Å². The Morgan fingerprint density at radius 2 is 2.05 bits per heavy atom. The Hall–Kier alpha value is -1.74. The molecular formula is C16H21N3. The van der Waals surface area contributed by atoms with E-state index < -0.39 is 0 Å². The third kappa shape index (κ3) is 3.38. The van der Waals surface area contributed by atoms with Crippen LogP contribution in [0.15, 0.2) is 36.5 Å². The first kappa shape index (κ1) is 13.7. The van der Waals surface area contributed by atoms with Gasteiger partial charge in [-0.25, -0.2) is 9.97 Å². The lowest BCUT2D eigenvalue weighted by Crippen LogP contribution is -2.23. The highest BCUT2D eigenvalue weighted by Gasteiger charge is 2.14. The molecule has 0 saturated carbocycles. The van der Waals surface area contributed by atoms with Gasteiger partial charge in [0.2, 0.25) is 0 Å². The van der Waals surface area contributed by atoms with Gasteiger partial charge in [-0.15, -0.1) is 0 Å². The van der Waals surface area contributed by atoms with Gasteiger partial charge >= 0.3 is 0 Å². The molecule has 0 bridgehead atoms. The zero-order valence-electron chi connectivity index (χ0n) is 11.9. The van der Waals surface area contributed by atoms with Crippen LogP contribution in [0, 0.1) is 6.92 Å². The maximum absolute atomic E-state index is 4.55. The molecule has 1 atom stereocenters. The predicted octanol–water partition coefficient (Wildman–Crippen LogP) is 3.05. The highest BCUT2D eigenvalue weighted by molar-refractivity contribution is 5.31. The molecule has 0 aliphatic rings. The Morgan fingerprint density at radius 3 is 2.74 bits per heavy atom. The van der Waals surface area contributed by atoms with Crippen LogP contribution in [0.4, 0.5) is 0 Å². The van der Waals surface area contributed by atoms with E-state index in [0.29, 0.717) is 0 Å². The van der Waals surface area contributed by atoms with Crippen molar-refractivity contribution in [1.29, 1.82) is 0 Å². The number of benzene rings is 1. The molecule has 0 aliphatic heterocycles. The van der Waals surface area contributed by atoms with Gasteiger partial charge in [0.25, 0.3) is 0 Å². The fraction of sp³-hybridized carbons (Fsp3) is 0.375. The normalized spacial score (nSPS) is 12.4. The summed E-state index contributed by atoms with van der Waals surface area (Å²) in [7, 11) is 0. The summed E-state index contributed by atoms with van der Waals surface area (Å²) >= 11 is 0. The third-order valence-corrected chi connectivity index (χ3v) is 3.19.